The predicted molar refractivity (Wildman–Crippen MR) is 82.4 cm³/mol. The van der Waals surface area contributed by atoms with Crippen molar-refractivity contribution in [2.24, 2.45) is 0 Å². The quantitative estimate of drug-likeness (QED) is 0.582. The second-order valence-corrected chi connectivity index (χ2v) is 5.64. The molecule has 0 spiro atoms. The Kier molecular flexibility index (Phi) is 4.79. The highest BCUT2D eigenvalue weighted by Crippen LogP contribution is 2.30. The zero-order valence-corrected chi connectivity index (χ0v) is 12.4. The van der Waals surface area contributed by atoms with Gasteiger partial charge < -0.3 is 0 Å². The number of non-ortho nitro benzene ring substituents is 1. The molecule has 0 saturated carbocycles. The summed E-state index contributed by atoms with van der Waals surface area (Å²) >= 11 is 1.63. The Morgan fingerprint density at radius 3 is 2.10 bits per heavy atom. The van der Waals surface area contributed by atoms with Gasteiger partial charge in [-0.05, 0) is 48.2 Å². The third-order valence-corrected chi connectivity index (χ3v) is 4.22. The van der Waals surface area contributed by atoms with E-state index in [4.69, 9.17) is 0 Å². The number of rotatable bonds is 5. The van der Waals surface area contributed by atoms with Crippen molar-refractivity contribution in [1.29, 1.82) is 0 Å². The van der Waals surface area contributed by atoms with Crippen LogP contribution in [-0.2, 0) is 12.8 Å². The molecular formula is C16H17NO2S. The van der Waals surface area contributed by atoms with Gasteiger partial charge in [0.1, 0.15) is 0 Å². The van der Waals surface area contributed by atoms with Crippen molar-refractivity contribution in [2.45, 2.75) is 36.5 Å². The van der Waals surface area contributed by atoms with Gasteiger partial charge in [0.25, 0.3) is 5.69 Å². The molecule has 4 heteroatoms. The smallest absolute Gasteiger partial charge is 0.258 e. The summed E-state index contributed by atoms with van der Waals surface area (Å²) in [6.07, 6.45) is 2.07. The molecule has 0 saturated heterocycles. The maximum Gasteiger partial charge on any atom is 0.269 e. The van der Waals surface area contributed by atoms with E-state index in [2.05, 4.69) is 32.0 Å². The number of nitro groups is 1. The Labute approximate surface area is 123 Å². The van der Waals surface area contributed by atoms with E-state index in [0.717, 1.165) is 17.7 Å². The topological polar surface area (TPSA) is 43.1 Å². The second-order valence-electron chi connectivity index (χ2n) is 4.49. The van der Waals surface area contributed by atoms with E-state index in [1.807, 2.05) is 0 Å². The molecular weight excluding hydrogens is 270 g/mol. The van der Waals surface area contributed by atoms with Gasteiger partial charge in [-0.3, -0.25) is 10.1 Å². The Bertz CT molecular complexity index is 608. The zero-order valence-electron chi connectivity index (χ0n) is 11.6. The summed E-state index contributed by atoms with van der Waals surface area (Å²) in [5.74, 6) is 0. The molecule has 2 aromatic rings. The average molecular weight is 287 g/mol. The molecule has 0 amide bonds. The standard InChI is InChI=1S/C16H17NO2S/c1-3-12-5-8-16(11-13(12)4-2)20-15-9-6-14(7-10-15)17(18)19/h5-11H,3-4H2,1-2H3. The molecule has 0 aliphatic rings. The number of hydrogen-bond acceptors (Lipinski definition) is 3. The minimum Gasteiger partial charge on any atom is -0.258 e. The number of aryl methyl sites for hydroxylation is 2. The van der Waals surface area contributed by atoms with Crippen LogP contribution in [0, 0.1) is 10.1 Å². The molecule has 0 bridgehead atoms. The molecule has 0 atom stereocenters. The fourth-order valence-electron chi connectivity index (χ4n) is 2.11. The lowest BCUT2D eigenvalue weighted by Crippen LogP contribution is -1.91. The summed E-state index contributed by atoms with van der Waals surface area (Å²) in [7, 11) is 0. The summed E-state index contributed by atoms with van der Waals surface area (Å²) in [5, 5.41) is 10.6. The molecule has 0 aliphatic heterocycles. The second kappa shape index (κ2) is 6.57. The van der Waals surface area contributed by atoms with Crippen LogP contribution in [0.2, 0.25) is 0 Å². The van der Waals surface area contributed by atoms with Gasteiger partial charge in [0.15, 0.2) is 0 Å². The SMILES string of the molecule is CCc1ccc(Sc2ccc([N+](=O)[O-])cc2)cc1CC. The number of nitro benzene ring substituents is 1. The van der Waals surface area contributed by atoms with E-state index in [1.165, 1.54) is 16.0 Å². The molecule has 0 N–H and O–H groups in total. The van der Waals surface area contributed by atoms with Crippen LogP contribution in [0.3, 0.4) is 0 Å². The third kappa shape index (κ3) is 3.39. The summed E-state index contributed by atoms with van der Waals surface area (Å²) in [6.45, 7) is 4.33. The lowest BCUT2D eigenvalue weighted by atomic mass is 10.0. The minimum absolute atomic E-state index is 0.130. The van der Waals surface area contributed by atoms with Gasteiger partial charge in [0, 0.05) is 21.9 Å². The van der Waals surface area contributed by atoms with E-state index in [1.54, 1.807) is 36.0 Å². The Hall–Kier alpha value is -1.81. The number of benzene rings is 2. The Morgan fingerprint density at radius 1 is 0.950 bits per heavy atom. The van der Waals surface area contributed by atoms with Crippen molar-refractivity contribution in [3.8, 4) is 0 Å². The lowest BCUT2D eigenvalue weighted by Gasteiger charge is -2.08. The first-order chi connectivity index (χ1) is 9.63. The molecule has 104 valence electrons. The van der Waals surface area contributed by atoms with Crippen LogP contribution in [0.25, 0.3) is 0 Å². The lowest BCUT2D eigenvalue weighted by molar-refractivity contribution is -0.384. The average Bonchev–Trinajstić information content (AvgIpc) is 2.47. The highest BCUT2D eigenvalue weighted by Gasteiger charge is 2.06. The van der Waals surface area contributed by atoms with Crippen LogP contribution in [-0.4, -0.2) is 4.92 Å². The molecule has 0 aliphatic carbocycles. The molecule has 20 heavy (non-hydrogen) atoms. The Morgan fingerprint density at radius 2 is 1.55 bits per heavy atom. The fraction of sp³-hybridized carbons (Fsp3) is 0.250. The summed E-state index contributed by atoms with van der Waals surface area (Å²) in [4.78, 5) is 12.4. The molecule has 0 heterocycles. The van der Waals surface area contributed by atoms with Gasteiger partial charge in [-0.15, -0.1) is 0 Å². The highest BCUT2D eigenvalue weighted by atomic mass is 32.2. The van der Waals surface area contributed by atoms with Crippen molar-refractivity contribution in [3.63, 3.8) is 0 Å². The van der Waals surface area contributed by atoms with Gasteiger partial charge in [-0.1, -0.05) is 31.7 Å². The monoisotopic (exact) mass is 287 g/mol. The first kappa shape index (κ1) is 14.6. The molecule has 0 aromatic heterocycles. The van der Waals surface area contributed by atoms with E-state index < -0.39 is 0 Å². The zero-order chi connectivity index (χ0) is 14.5. The molecule has 0 radical (unpaired) electrons. The molecule has 0 unspecified atom stereocenters. The van der Waals surface area contributed by atoms with Crippen LogP contribution in [0.4, 0.5) is 5.69 Å². The van der Waals surface area contributed by atoms with Crippen LogP contribution in [0.5, 0.6) is 0 Å². The molecule has 2 rings (SSSR count). The van der Waals surface area contributed by atoms with Gasteiger partial charge in [0.2, 0.25) is 0 Å². The number of hydrogen-bond donors (Lipinski definition) is 0. The normalized spacial score (nSPS) is 10.5. The highest BCUT2D eigenvalue weighted by molar-refractivity contribution is 7.99. The van der Waals surface area contributed by atoms with Crippen LogP contribution < -0.4 is 0 Å². The van der Waals surface area contributed by atoms with E-state index in [9.17, 15) is 10.1 Å². The van der Waals surface area contributed by atoms with Gasteiger partial charge in [0.05, 0.1) is 4.92 Å². The summed E-state index contributed by atoms with van der Waals surface area (Å²) in [5.41, 5.74) is 2.89. The van der Waals surface area contributed by atoms with Crippen LogP contribution in [0.15, 0.2) is 52.3 Å². The predicted octanol–water partition coefficient (Wildman–Crippen LogP) is 4.87. The summed E-state index contributed by atoms with van der Waals surface area (Å²) < 4.78 is 0. The van der Waals surface area contributed by atoms with Crippen LogP contribution in [0.1, 0.15) is 25.0 Å². The minimum atomic E-state index is -0.375. The first-order valence-electron chi connectivity index (χ1n) is 6.68. The van der Waals surface area contributed by atoms with Gasteiger partial charge in [-0.2, -0.15) is 0 Å². The summed E-state index contributed by atoms with van der Waals surface area (Å²) in [6, 6.07) is 13.2. The van der Waals surface area contributed by atoms with E-state index in [0.29, 0.717) is 0 Å². The van der Waals surface area contributed by atoms with Crippen molar-refractivity contribution in [3.05, 3.63) is 63.7 Å². The number of nitrogens with zero attached hydrogens (tertiary/aromatic N) is 1. The maximum absolute atomic E-state index is 10.6. The fourth-order valence-corrected chi connectivity index (χ4v) is 2.99. The Balaban J connectivity index is 2.19. The van der Waals surface area contributed by atoms with Crippen molar-refractivity contribution < 1.29 is 4.92 Å². The molecule has 0 fully saturated rings. The molecule has 3 nitrogen and oxygen atoms in total. The van der Waals surface area contributed by atoms with Crippen LogP contribution >= 0.6 is 11.8 Å². The van der Waals surface area contributed by atoms with Gasteiger partial charge >= 0.3 is 0 Å². The van der Waals surface area contributed by atoms with Crippen molar-refractivity contribution in [1.82, 2.24) is 0 Å². The maximum atomic E-state index is 10.6. The third-order valence-electron chi connectivity index (χ3n) is 3.22. The van der Waals surface area contributed by atoms with E-state index in [-0.39, 0.29) is 10.6 Å². The van der Waals surface area contributed by atoms with Crippen molar-refractivity contribution in [2.75, 3.05) is 0 Å². The van der Waals surface area contributed by atoms with E-state index >= 15 is 0 Å². The van der Waals surface area contributed by atoms with Crippen molar-refractivity contribution >= 4 is 17.4 Å². The molecule has 2 aromatic carbocycles. The largest absolute Gasteiger partial charge is 0.269 e. The first-order valence-corrected chi connectivity index (χ1v) is 7.49. The van der Waals surface area contributed by atoms with Gasteiger partial charge in [-0.25, -0.2) is 0 Å².